The highest BCUT2D eigenvalue weighted by Crippen LogP contribution is 2.31. The van der Waals surface area contributed by atoms with Crippen molar-refractivity contribution in [2.24, 2.45) is 7.05 Å². The minimum Gasteiger partial charge on any atom is -0.347 e. The summed E-state index contributed by atoms with van der Waals surface area (Å²) in [5.41, 5.74) is 5.27. The van der Waals surface area contributed by atoms with Crippen LogP contribution in [0.3, 0.4) is 0 Å². The molecule has 3 heteroatoms. The highest BCUT2D eigenvalue weighted by molar-refractivity contribution is 6.32. The van der Waals surface area contributed by atoms with E-state index >= 15 is 0 Å². The number of aryl methyl sites for hydroxylation is 3. The Bertz CT molecular complexity index is 570. The molecule has 2 rings (SSSR count). The Kier molecular flexibility index (Phi) is 3.98. The molecule has 0 aliphatic rings. The minimum atomic E-state index is 0.852. The van der Waals surface area contributed by atoms with Crippen molar-refractivity contribution in [1.29, 1.82) is 0 Å². The third-order valence-corrected chi connectivity index (χ3v) is 4.23. The van der Waals surface area contributed by atoms with Gasteiger partial charge in [0.15, 0.2) is 0 Å². The monoisotopic (exact) mass is 264 g/mol. The van der Waals surface area contributed by atoms with Crippen LogP contribution < -0.4 is 5.32 Å². The van der Waals surface area contributed by atoms with E-state index in [2.05, 4.69) is 36.8 Å². The van der Waals surface area contributed by atoms with Crippen LogP contribution >= 0.6 is 11.6 Å². The van der Waals surface area contributed by atoms with Gasteiger partial charge in [0.2, 0.25) is 0 Å². The number of rotatable bonds is 4. The summed E-state index contributed by atoms with van der Waals surface area (Å²) in [5.74, 6) is 0. The van der Waals surface area contributed by atoms with Gasteiger partial charge >= 0.3 is 0 Å². The second-order valence-electron chi connectivity index (χ2n) is 4.90. The van der Waals surface area contributed by atoms with Crippen LogP contribution in [0.25, 0.3) is 10.9 Å². The highest BCUT2D eigenvalue weighted by atomic mass is 35.5. The summed E-state index contributed by atoms with van der Waals surface area (Å²) in [7, 11) is 4.13. The summed E-state index contributed by atoms with van der Waals surface area (Å²) in [6, 6.07) is 4.17. The van der Waals surface area contributed by atoms with Gasteiger partial charge in [-0.2, -0.15) is 0 Å². The lowest BCUT2D eigenvalue weighted by atomic mass is 10.0. The van der Waals surface area contributed by atoms with Crippen LogP contribution in [-0.4, -0.2) is 18.2 Å². The van der Waals surface area contributed by atoms with Crippen LogP contribution in [0.2, 0.25) is 5.02 Å². The average molecular weight is 265 g/mol. The fourth-order valence-corrected chi connectivity index (χ4v) is 2.83. The Morgan fingerprint density at radius 3 is 2.67 bits per heavy atom. The van der Waals surface area contributed by atoms with Gasteiger partial charge in [0.1, 0.15) is 0 Å². The number of aromatic nitrogens is 1. The first-order valence-corrected chi connectivity index (χ1v) is 6.83. The van der Waals surface area contributed by atoms with Gasteiger partial charge in [0, 0.05) is 23.2 Å². The molecule has 2 aromatic rings. The topological polar surface area (TPSA) is 17.0 Å². The molecule has 2 nitrogen and oxygen atoms in total. The highest BCUT2D eigenvalue weighted by Gasteiger charge is 2.14. The van der Waals surface area contributed by atoms with Crippen molar-refractivity contribution >= 4 is 22.5 Å². The zero-order valence-corrected chi connectivity index (χ0v) is 12.4. The first-order chi connectivity index (χ1) is 8.57. The lowest BCUT2D eigenvalue weighted by molar-refractivity contribution is 0.722. The molecule has 0 spiro atoms. The Labute approximate surface area is 114 Å². The predicted octanol–water partition coefficient (Wildman–Crippen LogP) is 3.60. The molecular formula is C15H21ClN2. The van der Waals surface area contributed by atoms with E-state index in [1.807, 2.05) is 13.1 Å². The number of halogens is 1. The average Bonchev–Trinajstić information content (AvgIpc) is 2.59. The molecule has 0 amide bonds. The maximum Gasteiger partial charge on any atom is 0.0527 e. The summed E-state index contributed by atoms with van der Waals surface area (Å²) >= 11 is 6.22. The third-order valence-electron chi connectivity index (χ3n) is 3.82. The number of nitrogens with one attached hydrogen (secondary N) is 1. The number of fused-ring (bicyclic) bond motifs is 1. The molecular weight excluding hydrogens is 244 g/mol. The SMILES string of the molecule is CNCCCc1c(C)n(C)c2c(C)c(Cl)ccc12. The van der Waals surface area contributed by atoms with Gasteiger partial charge in [-0.1, -0.05) is 17.7 Å². The van der Waals surface area contributed by atoms with Gasteiger partial charge in [-0.3, -0.25) is 0 Å². The van der Waals surface area contributed by atoms with Crippen molar-refractivity contribution in [1.82, 2.24) is 9.88 Å². The number of nitrogens with zero attached hydrogens (tertiary/aromatic N) is 1. The van der Waals surface area contributed by atoms with E-state index < -0.39 is 0 Å². The Balaban J connectivity index is 2.53. The molecule has 0 saturated heterocycles. The maximum absolute atomic E-state index is 6.22. The zero-order valence-electron chi connectivity index (χ0n) is 11.6. The first-order valence-electron chi connectivity index (χ1n) is 6.45. The van der Waals surface area contributed by atoms with Gasteiger partial charge < -0.3 is 9.88 Å². The second-order valence-corrected chi connectivity index (χ2v) is 5.31. The van der Waals surface area contributed by atoms with Gasteiger partial charge in [-0.15, -0.1) is 0 Å². The van der Waals surface area contributed by atoms with E-state index in [-0.39, 0.29) is 0 Å². The van der Waals surface area contributed by atoms with Crippen LogP contribution in [-0.2, 0) is 13.5 Å². The van der Waals surface area contributed by atoms with Crippen molar-refractivity contribution in [2.75, 3.05) is 13.6 Å². The quantitative estimate of drug-likeness (QED) is 0.835. The van der Waals surface area contributed by atoms with Crippen molar-refractivity contribution in [2.45, 2.75) is 26.7 Å². The summed E-state index contributed by atoms with van der Waals surface area (Å²) in [6.45, 7) is 5.35. The molecule has 0 aliphatic carbocycles. The Hall–Kier alpha value is -0.990. The first kappa shape index (κ1) is 13.4. The van der Waals surface area contributed by atoms with Gasteiger partial charge in [0.25, 0.3) is 0 Å². The molecule has 0 atom stereocenters. The third kappa shape index (κ3) is 2.15. The molecule has 0 aliphatic heterocycles. The molecule has 1 N–H and O–H groups in total. The number of hydrogen-bond donors (Lipinski definition) is 1. The molecule has 1 aromatic carbocycles. The molecule has 98 valence electrons. The molecule has 1 aromatic heterocycles. The smallest absolute Gasteiger partial charge is 0.0527 e. The van der Waals surface area contributed by atoms with E-state index in [9.17, 15) is 0 Å². The minimum absolute atomic E-state index is 0.852. The predicted molar refractivity (Wildman–Crippen MR) is 79.7 cm³/mol. The summed E-state index contributed by atoms with van der Waals surface area (Å²) in [6.07, 6.45) is 2.28. The zero-order chi connectivity index (χ0) is 13.3. The van der Waals surface area contributed by atoms with Crippen LogP contribution in [0.4, 0.5) is 0 Å². The second kappa shape index (κ2) is 5.33. The van der Waals surface area contributed by atoms with Crippen molar-refractivity contribution in [3.8, 4) is 0 Å². The normalized spacial score (nSPS) is 11.4. The fraction of sp³-hybridized carbons (Fsp3) is 0.467. The standard InChI is InChI=1S/C15H21ClN2/c1-10-14(16)8-7-13-12(6-5-9-17-3)11(2)18(4)15(10)13/h7-8,17H,5-6,9H2,1-4H3. The molecule has 0 unspecified atom stereocenters. The van der Waals surface area contributed by atoms with Gasteiger partial charge in [0.05, 0.1) is 5.52 Å². The van der Waals surface area contributed by atoms with E-state index in [0.717, 1.165) is 24.4 Å². The lowest BCUT2D eigenvalue weighted by Gasteiger charge is -2.03. The van der Waals surface area contributed by atoms with Crippen LogP contribution in [0.5, 0.6) is 0 Å². The Morgan fingerprint density at radius 1 is 1.28 bits per heavy atom. The number of benzene rings is 1. The molecule has 0 radical (unpaired) electrons. The number of hydrogen-bond acceptors (Lipinski definition) is 1. The van der Waals surface area contributed by atoms with Gasteiger partial charge in [-0.05, 0) is 57.5 Å². The van der Waals surface area contributed by atoms with Crippen molar-refractivity contribution < 1.29 is 0 Å². The summed E-state index contributed by atoms with van der Waals surface area (Å²) in [5, 5.41) is 5.41. The van der Waals surface area contributed by atoms with E-state index in [1.165, 1.54) is 27.7 Å². The summed E-state index contributed by atoms with van der Waals surface area (Å²) < 4.78 is 2.27. The van der Waals surface area contributed by atoms with Gasteiger partial charge in [-0.25, -0.2) is 0 Å². The largest absolute Gasteiger partial charge is 0.347 e. The molecule has 1 heterocycles. The van der Waals surface area contributed by atoms with E-state index in [0.29, 0.717) is 0 Å². The molecule has 18 heavy (non-hydrogen) atoms. The van der Waals surface area contributed by atoms with Crippen LogP contribution in [0.15, 0.2) is 12.1 Å². The molecule has 0 bridgehead atoms. The summed E-state index contributed by atoms with van der Waals surface area (Å²) in [4.78, 5) is 0. The fourth-order valence-electron chi connectivity index (χ4n) is 2.67. The van der Waals surface area contributed by atoms with Crippen molar-refractivity contribution in [3.05, 3.63) is 34.0 Å². The Morgan fingerprint density at radius 2 is 2.00 bits per heavy atom. The van der Waals surface area contributed by atoms with E-state index in [1.54, 1.807) is 0 Å². The maximum atomic E-state index is 6.22. The van der Waals surface area contributed by atoms with Crippen LogP contribution in [0.1, 0.15) is 23.2 Å². The molecule has 0 fully saturated rings. The lowest BCUT2D eigenvalue weighted by Crippen LogP contribution is -2.08. The van der Waals surface area contributed by atoms with Crippen molar-refractivity contribution in [3.63, 3.8) is 0 Å². The van der Waals surface area contributed by atoms with Crippen LogP contribution in [0, 0.1) is 13.8 Å². The van der Waals surface area contributed by atoms with E-state index in [4.69, 9.17) is 11.6 Å². The molecule has 0 saturated carbocycles.